The molecule has 1 saturated heterocycles. The molecule has 0 atom stereocenters. The molecule has 0 radical (unpaired) electrons. The molecule has 2 aliphatic heterocycles. The Balaban J connectivity index is 1.32. The highest BCUT2D eigenvalue weighted by Crippen LogP contribution is 2.28. The lowest BCUT2D eigenvalue weighted by molar-refractivity contribution is 0.0209. The van der Waals surface area contributed by atoms with Crippen LogP contribution in [0.15, 0.2) is 42.5 Å². The number of nitrogens with zero attached hydrogens (tertiary/aromatic N) is 3. The van der Waals surface area contributed by atoms with Crippen molar-refractivity contribution in [1.82, 2.24) is 9.80 Å². The second-order valence-electron chi connectivity index (χ2n) is 7.82. The molecule has 4 rings (SSSR count). The smallest absolute Gasteiger partial charge is 0.123 e. The summed E-state index contributed by atoms with van der Waals surface area (Å²) in [6.45, 7) is 12.0. The third-order valence-corrected chi connectivity index (χ3v) is 6.13. The molecule has 1 fully saturated rings. The fraction of sp³-hybridized carbons (Fsp3) is 0.478. The van der Waals surface area contributed by atoms with Gasteiger partial charge in [-0.25, -0.2) is 4.39 Å². The van der Waals surface area contributed by atoms with Gasteiger partial charge >= 0.3 is 0 Å². The Labute approximate surface area is 162 Å². The fourth-order valence-corrected chi connectivity index (χ4v) is 4.41. The van der Waals surface area contributed by atoms with E-state index in [0.29, 0.717) is 6.04 Å². The van der Waals surface area contributed by atoms with Crippen LogP contribution in [0.25, 0.3) is 0 Å². The Morgan fingerprint density at radius 1 is 1.00 bits per heavy atom. The van der Waals surface area contributed by atoms with E-state index in [4.69, 9.17) is 0 Å². The van der Waals surface area contributed by atoms with Crippen LogP contribution in [0.3, 0.4) is 0 Å². The van der Waals surface area contributed by atoms with Crippen LogP contribution in [-0.4, -0.2) is 48.6 Å². The van der Waals surface area contributed by atoms with Gasteiger partial charge in [0.2, 0.25) is 0 Å². The predicted molar refractivity (Wildman–Crippen MR) is 110 cm³/mol. The van der Waals surface area contributed by atoms with Crippen molar-refractivity contribution in [2.24, 2.45) is 0 Å². The first kappa shape index (κ1) is 18.5. The Morgan fingerprint density at radius 3 is 2.44 bits per heavy atom. The Kier molecular flexibility index (Phi) is 5.46. The lowest BCUT2D eigenvalue weighted by atomic mass is 9.95. The molecule has 2 aromatic carbocycles. The van der Waals surface area contributed by atoms with Gasteiger partial charge in [0.15, 0.2) is 0 Å². The topological polar surface area (TPSA) is 9.72 Å². The van der Waals surface area contributed by atoms with E-state index >= 15 is 0 Å². The van der Waals surface area contributed by atoms with E-state index in [9.17, 15) is 4.39 Å². The minimum absolute atomic E-state index is 0.156. The Hall–Kier alpha value is -1.91. The molecule has 0 saturated carbocycles. The Bertz CT molecular complexity index is 764. The highest BCUT2D eigenvalue weighted by atomic mass is 19.1. The number of hydrogen-bond acceptors (Lipinski definition) is 3. The maximum Gasteiger partial charge on any atom is 0.123 e. The van der Waals surface area contributed by atoms with Crippen molar-refractivity contribution in [2.75, 3.05) is 37.6 Å². The van der Waals surface area contributed by atoms with Crippen molar-refractivity contribution < 1.29 is 4.39 Å². The fourth-order valence-electron chi connectivity index (χ4n) is 4.41. The first-order chi connectivity index (χ1) is 13.2. The molecule has 2 aliphatic rings. The number of halogens is 1. The summed E-state index contributed by atoms with van der Waals surface area (Å²) >= 11 is 0. The van der Waals surface area contributed by atoms with Crippen LogP contribution in [0.4, 0.5) is 10.1 Å². The highest BCUT2D eigenvalue weighted by molar-refractivity contribution is 5.51. The molecule has 0 aromatic heterocycles. The van der Waals surface area contributed by atoms with Crippen molar-refractivity contribution in [3.63, 3.8) is 0 Å². The normalized spacial score (nSPS) is 18.2. The third-order valence-electron chi connectivity index (χ3n) is 6.13. The van der Waals surface area contributed by atoms with E-state index < -0.39 is 0 Å². The average molecular weight is 368 g/mol. The maximum atomic E-state index is 13.0. The lowest BCUT2D eigenvalue weighted by Gasteiger charge is -2.47. The van der Waals surface area contributed by atoms with Crippen molar-refractivity contribution in [3.8, 4) is 0 Å². The van der Waals surface area contributed by atoms with Crippen molar-refractivity contribution >= 4 is 5.69 Å². The summed E-state index contributed by atoms with van der Waals surface area (Å²) in [5, 5.41) is 0. The minimum atomic E-state index is -0.156. The number of likely N-dealkylation sites (tertiary alicyclic amines) is 1. The minimum Gasteiger partial charge on any atom is -0.372 e. The van der Waals surface area contributed by atoms with Crippen LogP contribution in [0.2, 0.25) is 0 Å². The van der Waals surface area contributed by atoms with Crippen molar-refractivity contribution in [1.29, 1.82) is 0 Å². The summed E-state index contributed by atoms with van der Waals surface area (Å²) in [5.41, 5.74) is 5.58. The summed E-state index contributed by atoms with van der Waals surface area (Å²) < 4.78 is 13.0. The summed E-state index contributed by atoms with van der Waals surface area (Å²) in [4.78, 5) is 7.52. The standard InChI is InChI=1S/C23H30FN3/c1-3-26(4-2)22-10-7-20-15-27(12-11-19(20)13-22)23-16-25(17-23)14-18-5-8-21(24)9-6-18/h5-10,13,23H,3-4,11-12,14-17H2,1-2H3. The van der Waals surface area contributed by atoms with Crippen LogP contribution >= 0.6 is 0 Å². The molecule has 27 heavy (non-hydrogen) atoms. The number of rotatable bonds is 6. The molecule has 0 aliphatic carbocycles. The number of fused-ring (bicyclic) bond motifs is 1. The van der Waals surface area contributed by atoms with Gasteiger partial charge in [0.25, 0.3) is 0 Å². The van der Waals surface area contributed by atoms with Crippen molar-refractivity contribution in [2.45, 2.75) is 39.4 Å². The van der Waals surface area contributed by atoms with Gasteiger partial charge in [-0.1, -0.05) is 18.2 Å². The van der Waals surface area contributed by atoms with Gasteiger partial charge in [-0.2, -0.15) is 0 Å². The molecule has 144 valence electrons. The molecule has 0 unspecified atom stereocenters. The van der Waals surface area contributed by atoms with Gasteiger partial charge in [0, 0.05) is 57.5 Å². The predicted octanol–water partition coefficient (Wildman–Crippen LogP) is 3.91. The molecule has 0 amide bonds. The highest BCUT2D eigenvalue weighted by Gasteiger charge is 2.33. The quantitative estimate of drug-likeness (QED) is 0.766. The molecule has 0 bridgehead atoms. The van der Waals surface area contributed by atoms with Crippen molar-refractivity contribution in [3.05, 3.63) is 65.0 Å². The van der Waals surface area contributed by atoms with E-state index in [1.165, 1.54) is 22.4 Å². The number of anilines is 1. The van der Waals surface area contributed by atoms with Gasteiger partial charge in [-0.3, -0.25) is 9.80 Å². The molecule has 0 N–H and O–H groups in total. The van der Waals surface area contributed by atoms with Crippen LogP contribution in [0.1, 0.15) is 30.5 Å². The number of benzene rings is 2. The van der Waals surface area contributed by atoms with E-state index in [1.54, 1.807) is 12.1 Å². The summed E-state index contributed by atoms with van der Waals surface area (Å²) in [6.07, 6.45) is 1.15. The zero-order valence-corrected chi connectivity index (χ0v) is 16.5. The van der Waals surface area contributed by atoms with Crippen LogP contribution in [-0.2, 0) is 19.5 Å². The second-order valence-corrected chi connectivity index (χ2v) is 7.82. The van der Waals surface area contributed by atoms with Crippen LogP contribution < -0.4 is 4.90 Å². The van der Waals surface area contributed by atoms with E-state index in [-0.39, 0.29) is 5.82 Å². The molecule has 4 heteroatoms. The molecule has 2 heterocycles. The summed E-state index contributed by atoms with van der Waals surface area (Å²) in [7, 11) is 0. The first-order valence-corrected chi connectivity index (χ1v) is 10.2. The molecule has 0 spiro atoms. The molecular formula is C23H30FN3. The van der Waals surface area contributed by atoms with Gasteiger partial charge in [-0.15, -0.1) is 0 Å². The molecular weight excluding hydrogens is 337 g/mol. The van der Waals surface area contributed by atoms with Crippen LogP contribution in [0.5, 0.6) is 0 Å². The van der Waals surface area contributed by atoms with E-state index in [1.807, 2.05) is 12.1 Å². The lowest BCUT2D eigenvalue weighted by Crippen LogP contribution is -2.59. The summed E-state index contributed by atoms with van der Waals surface area (Å²) in [5.74, 6) is -0.156. The zero-order valence-electron chi connectivity index (χ0n) is 16.5. The SMILES string of the molecule is CCN(CC)c1ccc2c(c1)CCN(C1CN(Cc3ccc(F)cc3)C1)C2. The second kappa shape index (κ2) is 7.99. The van der Waals surface area contributed by atoms with E-state index in [2.05, 4.69) is 46.7 Å². The first-order valence-electron chi connectivity index (χ1n) is 10.2. The largest absolute Gasteiger partial charge is 0.372 e. The van der Waals surface area contributed by atoms with Gasteiger partial charge in [-0.05, 0) is 61.2 Å². The summed E-state index contributed by atoms with van der Waals surface area (Å²) in [6, 6.07) is 14.6. The van der Waals surface area contributed by atoms with Gasteiger partial charge in [0.05, 0.1) is 0 Å². The van der Waals surface area contributed by atoms with Gasteiger partial charge < -0.3 is 4.90 Å². The third kappa shape index (κ3) is 4.02. The van der Waals surface area contributed by atoms with E-state index in [0.717, 1.165) is 52.2 Å². The van der Waals surface area contributed by atoms with Gasteiger partial charge in [0.1, 0.15) is 5.82 Å². The molecule has 2 aromatic rings. The number of hydrogen-bond donors (Lipinski definition) is 0. The Morgan fingerprint density at radius 2 is 1.74 bits per heavy atom. The van der Waals surface area contributed by atoms with Crippen LogP contribution in [0, 0.1) is 5.82 Å². The monoisotopic (exact) mass is 367 g/mol. The molecule has 3 nitrogen and oxygen atoms in total. The average Bonchev–Trinajstić information content (AvgIpc) is 2.66. The maximum absolute atomic E-state index is 13.0. The zero-order chi connectivity index (χ0) is 18.8.